The Kier molecular flexibility index (Phi) is 4.19. The van der Waals surface area contributed by atoms with Crippen LogP contribution >= 0.6 is 23.2 Å². The highest BCUT2D eigenvalue weighted by Gasteiger charge is 2.09. The molecular weight excluding hydrogens is 289 g/mol. The molecule has 0 aliphatic carbocycles. The van der Waals surface area contributed by atoms with Gasteiger partial charge in [-0.2, -0.15) is 0 Å². The van der Waals surface area contributed by atoms with E-state index in [1.807, 2.05) is 0 Å². The summed E-state index contributed by atoms with van der Waals surface area (Å²) >= 11 is 11.6. The highest BCUT2D eigenvalue weighted by molar-refractivity contribution is 6.42. The van der Waals surface area contributed by atoms with Gasteiger partial charge in [0.15, 0.2) is 5.69 Å². The number of hydrogen-bond donors (Lipinski definition) is 1. The third kappa shape index (κ3) is 3.33. The van der Waals surface area contributed by atoms with Gasteiger partial charge in [-0.05, 0) is 24.3 Å². The Bertz CT molecular complexity index is 602. The molecule has 0 saturated heterocycles. The number of aromatic nitrogens is 2. The third-order valence-corrected chi connectivity index (χ3v) is 3.00. The maximum atomic E-state index is 11.9. The average Bonchev–Trinajstić information content (AvgIpc) is 2.43. The molecule has 98 valence electrons. The van der Waals surface area contributed by atoms with E-state index in [0.29, 0.717) is 21.6 Å². The summed E-state index contributed by atoms with van der Waals surface area (Å²) in [7, 11) is 1.47. The van der Waals surface area contributed by atoms with Crippen molar-refractivity contribution in [2.45, 2.75) is 0 Å². The number of carbonyl (C=O) groups excluding carboxylic acids is 1. The molecule has 5 nitrogen and oxygen atoms in total. The molecular formula is C12H9Cl2N3O2. The van der Waals surface area contributed by atoms with Crippen LogP contribution in [0.15, 0.2) is 30.3 Å². The van der Waals surface area contributed by atoms with Gasteiger partial charge in [0.05, 0.1) is 17.2 Å². The Hall–Kier alpha value is -1.85. The third-order valence-electron chi connectivity index (χ3n) is 2.26. The molecule has 0 bridgehead atoms. The Balaban J connectivity index is 2.13. The first-order valence-electron chi connectivity index (χ1n) is 5.24. The van der Waals surface area contributed by atoms with E-state index in [0.717, 1.165) is 0 Å². The minimum Gasteiger partial charge on any atom is -0.480 e. The molecule has 1 N–H and O–H groups in total. The second-order valence-corrected chi connectivity index (χ2v) is 4.36. The molecule has 2 rings (SSSR count). The van der Waals surface area contributed by atoms with Crippen molar-refractivity contribution >= 4 is 34.8 Å². The van der Waals surface area contributed by atoms with Crippen molar-refractivity contribution in [1.82, 2.24) is 10.2 Å². The fourth-order valence-corrected chi connectivity index (χ4v) is 1.62. The zero-order chi connectivity index (χ0) is 13.8. The molecule has 0 spiro atoms. The van der Waals surface area contributed by atoms with Gasteiger partial charge in [0.25, 0.3) is 5.91 Å². The van der Waals surface area contributed by atoms with Gasteiger partial charge in [-0.15, -0.1) is 10.2 Å². The Labute approximate surface area is 119 Å². The maximum absolute atomic E-state index is 11.9. The molecule has 0 aliphatic rings. The zero-order valence-corrected chi connectivity index (χ0v) is 11.4. The summed E-state index contributed by atoms with van der Waals surface area (Å²) in [5.41, 5.74) is 0.698. The predicted octanol–water partition coefficient (Wildman–Crippen LogP) is 3.04. The summed E-state index contributed by atoms with van der Waals surface area (Å²) in [6.45, 7) is 0. The van der Waals surface area contributed by atoms with Crippen LogP contribution in [0.25, 0.3) is 0 Å². The fraction of sp³-hybridized carbons (Fsp3) is 0.0833. The Morgan fingerprint density at radius 3 is 2.53 bits per heavy atom. The van der Waals surface area contributed by atoms with Crippen molar-refractivity contribution in [3.8, 4) is 5.88 Å². The molecule has 19 heavy (non-hydrogen) atoms. The fourth-order valence-electron chi connectivity index (χ4n) is 1.32. The van der Waals surface area contributed by atoms with E-state index >= 15 is 0 Å². The monoisotopic (exact) mass is 297 g/mol. The quantitative estimate of drug-likeness (QED) is 0.946. The molecule has 0 fully saturated rings. The van der Waals surface area contributed by atoms with Crippen molar-refractivity contribution < 1.29 is 9.53 Å². The highest BCUT2D eigenvalue weighted by Crippen LogP contribution is 2.25. The van der Waals surface area contributed by atoms with Gasteiger partial charge in [0, 0.05) is 11.8 Å². The first-order valence-corrected chi connectivity index (χ1v) is 6.00. The molecule has 1 amide bonds. The van der Waals surface area contributed by atoms with Crippen molar-refractivity contribution in [2.24, 2.45) is 0 Å². The van der Waals surface area contributed by atoms with Crippen LogP contribution in [0.2, 0.25) is 10.0 Å². The predicted molar refractivity (Wildman–Crippen MR) is 73.0 cm³/mol. The summed E-state index contributed by atoms with van der Waals surface area (Å²) in [6, 6.07) is 7.86. The number of hydrogen-bond acceptors (Lipinski definition) is 4. The van der Waals surface area contributed by atoms with Crippen molar-refractivity contribution in [2.75, 3.05) is 12.4 Å². The lowest BCUT2D eigenvalue weighted by Gasteiger charge is -2.05. The topological polar surface area (TPSA) is 64.1 Å². The number of halogens is 2. The lowest BCUT2D eigenvalue weighted by atomic mass is 10.3. The SMILES string of the molecule is COc1ccc(C(=O)Nc2ccc(Cl)c(Cl)c2)nn1. The van der Waals surface area contributed by atoms with Gasteiger partial charge in [-0.25, -0.2) is 0 Å². The van der Waals surface area contributed by atoms with E-state index in [4.69, 9.17) is 27.9 Å². The number of amides is 1. The first kappa shape index (κ1) is 13.6. The maximum Gasteiger partial charge on any atom is 0.276 e. The number of methoxy groups -OCH3 is 1. The molecule has 2 aromatic rings. The van der Waals surface area contributed by atoms with Gasteiger partial charge in [-0.1, -0.05) is 23.2 Å². The molecule has 1 heterocycles. The van der Waals surface area contributed by atoms with E-state index in [1.54, 1.807) is 24.3 Å². The second kappa shape index (κ2) is 5.86. The molecule has 0 radical (unpaired) electrons. The van der Waals surface area contributed by atoms with Crippen molar-refractivity contribution in [3.05, 3.63) is 46.1 Å². The van der Waals surface area contributed by atoms with Crippen LogP contribution in [0, 0.1) is 0 Å². The number of nitrogens with zero attached hydrogens (tertiary/aromatic N) is 2. The lowest BCUT2D eigenvalue weighted by molar-refractivity contribution is 0.102. The normalized spacial score (nSPS) is 10.1. The van der Waals surface area contributed by atoms with Crippen molar-refractivity contribution in [3.63, 3.8) is 0 Å². The van der Waals surface area contributed by atoms with Gasteiger partial charge in [0.2, 0.25) is 5.88 Å². The van der Waals surface area contributed by atoms with Crippen LogP contribution in [0.3, 0.4) is 0 Å². The van der Waals surface area contributed by atoms with E-state index < -0.39 is 5.91 Å². The van der Waals surface area contributed by atoms with Gasteiger partial charge < -0.3 is 10.1 Å². The zero-order valence-electron chi connectivity index (χ0n) is 9.85. The first-order chi connectivity index (χ1) is 9.10. The van der Waals surface area contributed by atoms with Crippen LogP contribution in [-0.2, 0) is 0 Å². The molecule has 0 atom stereocenters. The average molecular weight is 298 g/mol. The van der Waals surface area contributed by atoms with Gasteiger partial charge in [0.1, 0.15) is 0 Å². The van der Waals surface area contributed by atoms with E-state index in [9.17, 15) is 4.79 Å². The number of anilines is 1. The molecule has 0 unspecified atom stereocenters. The molecule has 1 aromatic carbocycles. The minimum atomic E-state index is -0.395. The summed E-state index contributed by atoms with van der Waals surface area (Å²) in [5.74, 6) is -0.0559. The van der Waals surface area contributed by atoms with Crippen molar-refractivity contribution in [1.29, 1.82) is 0 Å². The molecule has 7 heteroatoms. The van der Waals surface area contributed by atoms with Crippen LogP contribution in [0.5, 0.6) is 5.88 Å². The number of carbonyl (C=O) groups is 1. The van der Waals surface area contributed by atoms with Gasteiger partial charge >= 0.3 is 0 Å². The largest absolute Gasteiger partial charge is 0.480 e. The molecule has 0 aliphatic heterocycles. The smallest absolute Gasteiger partial charge is 0.276 e. The second-order valence-electron chi connectivity index (χ2n) is 3.54. The Morgan fingerprint density at radius 2 is 1.95 bits per heavy atom. The van der Waals surface area contributed by atoms with Gasteiger partial charge in [-0.3, -0.25) is 4.79 Å². The molecule has 0 saturated carbocycles. The van der Waals surface area contributed by atoms with Crippen LogP contribution in [-0.4, -0.2) is 23.2 Å². The standard InChI is InChI=1S/C12H9Cl2N3O2/c1-19-11-5-4-10(16-17-11)12(18)15-7-2-3-8(13)9(14)6-7/h2-6H,1H3,(H,15,18). The van der Waals surface area contributed by atoms with E-state index in [-0.39, 0.29) is 5.69 Å². The Morgan fingerprint density at radius 1 is 1.16 bits per heavy atom. The minimum absolute atomic E-state index is 0.173. The summed E-state index contributed by atoms with van der Waals surface area (Å²) in [5, 5.41) is 10.9. The summed E-state index contributed by atoms with van der Waals surface area (Å²) in [6.07, 6.45) is 0. The highest BCUT2D eigenvalue weighted by atomic mass is 35.5. The van der Waals surface area contributed by atoms with Crippen LogP contribution in [0.1, 0.15) is 10.5 Å². The van der Waals surface area contributed by atoms with E-state index in [2.05, 4.69) is 15.5 Å². The number of rotatable bonds is 3. The number of ether oxygens (including phenoxy) is 1. The van der Waals surface area contributed by atoms with Crippen LogP contribution in [0.4, 0.5) is 5.69 Å². The lowest BCUT2D eigenvalue weighted by Crippen LogP contribution is -2.14. The van der Waals surface area contributed by atoms with Crippen LogP contribution < -0.4 is 10.1 Å². The number of nitrogens with one attached hydrogen (secondary N) is 1. The summed E-state index contributed by atoms with van der Waals surface area (Å²) < 4.78 is 4.86. The van der Waals surface area contributed by atoms with E-state index in [1.165, 1.54) is 13.2 Å². The molecule has 1 aromatic heterocycles. The summed E-state index contributed by atoms with van der Waals surface area (Å²) in [4.78, 5) is 11.9. The number of benzene rings is 1.